The number of hydrogen-bond donors (Lipinski definition) is 0. The Morgan fingerprint density at radius 1 is 0.326 bits per heavy atom. The molecule has 43 heavy (non-hydrogen) atoms. The van der Waals surface area contributed by atoms with Crippen molar-refractivity contribution in [3.8, 4) is 44.5 Å². The van der Waals surface area contributed by atoms with Gasteiger partial charge < -0.3 is 0 Å². The fourth-order valence-electron chi connectivity index (χ4n) is 8.08. The Labute approximate surface area is 254 Å². The molecule has 1 saturated heterocycles. The molecule has 2 aliphatic heterocycles. The average Bonchev–Trinajstić information content (AvgIpc) is 3.68. The van der Waals surface area contributed by atoms with E-state index in [4.69, 9.17) is 0 Å². The molecule has 0 unspecified atom stereocenters. The molecule has 0 bridgehead atoms. The number of benzene rings is 7. The van der Waals surface area contributed by atoms with Gasteiger partial charge in [-0.2, -0.15) is 0 Å². The lowest BCUT2D eigenvalue weighted by atomic mass is 9.90. The van der Waals surface area contributed by atoms with Crippen molar-refractivity contribution in [1.29, 1.82) is 0 Å². The van der Waals surface area contributed by atoms with Gasteiger partial charge in [-0.3, -0.25) is 0 Å². The molecule has 0 aliphatic carbocycles. The van der Waals surface area contributed by atoms with Gasteiger partial charge >= 0.3 is 0 Å². The van der Waals surface area contributed by atoms with Gasteiger partial charge in [0.2, 0.25) is 0 Å². The Balaban J connectivity index is 1.25. The van der Waals surface area contributed by atoms with E-state index in [9.17, 15) is 0 Å². The molecule has 9 rings (SSSR count). The zero-order valence-electron chi connectivity index (χ0n) is 24.2. The summed E-state index contributed by atoms with van der Waals surface area (Å²) in [7, 11) is -1.72. The smallest absolute Gasteiger partial charge is 0.0622 e. The number of fused-ring (bicyclic) bond motifs is 7. The van der Waals surface area contributed by atoms with Gasteiger partial charge in [0.15, 0.2) is 0 Å². The van der Waals surface area contributed by atoms with Crippen LogP contribution in [0.15, 0.2) is 146 Å². The first kappa shape index (κ1) is 24.8. The molecule has 2 aliphatic rings. The largest absolute Gasteiger partial charge is 0.119 e. The summed E-state index contributed by atoms with van der Waals surface area (Å²) in [6.07, 6.45) is 2.73. The van der Waals surface area contributed by atoms with Crippen LogP contribution in [0.2, 0.25) is 12.1 Å². The molecule has 0 aromatic heterocycles. The summed E-state index contributed by atoms with van der Waals surface area (Å²) in [5.41, 5.74) is 10.8. The van der Waals surface area contributed by atoms with Gasteiger partial charge in [0.05, 0.1) is 0 Å². The molecule has 0 saturated carbocycles. The second kappa shape index (κ2) is 9.66. The monoisotopic (exact) mass is 564 g/mol. The summed E-state index contributed by atoms with van der Waals surface area (Å²) in [6, 6.07) is 57.7. The van der Waals surface area contributed by atoms with E-state index in [1.807, 2.05) is 0 Å². The highest BCUT2D eigenvalue weighted by molar-refractivity contribution is 7.06. The first-order valence-corrected chi connectivity index (χ1v) is 18.1. The van der Waals surface area contributed by atoms with Crippen molar-refractivity contribution < 1.29 is 0 Å². The molecule has 1 fully saturated rings. The third-order valence-electron chi connectivity index (χ3n) is 10.2. The molecule has 0 radical (unpaired) electrons. The van der Waals surface area contributed by atoms with Crippen LogP contribution in [-0.4, -0.2) is 8.07 Å². The van der Waals surface area contributed by atoms with Crippen molar-refractivity contribution in [2.24, 2.45) is 0 Å². The average molecular weight is 565 g/mol. The molecule has 0 nitrogen and oxygen atoms in total. The molecule has 0 atom stereocenters. The SMILES string of the molecule is c1ccc(-c2cc3ccccc3cc2-c2ccc3c(c2)-c2cc(-c4ccc5ccccc5c4)ccc2[Si]32CCCC2)cc1. The van der Waals surface area contributed by atoms with Gasteiger partial charge in [-0.05, 0) is 119 Å². The van der Waals surface area contributed by atoms with E-state index in [-0.39, 0.29) is 0 Å². The van der Waals surface area contributed by atoms with Gasteiger partial charge in [-0.1, -0.05) is 128 Å². The minimum Gasteiger partial charge on any atom is -0.0622 e. The summed E-state index contributed by atoms with van der Waals surface area (Å²) >= 11 is 0. The van der Waals surface area contributed by atoms with Crippen LogP contribution in [0.25, 0.3) is 66.1 Å². The van der Waals surface area contributed by atoms with Crippen molar-refractivity contribution >= 4 is 40.0 Å². The Bertz CT molecular complexity index is 2180. The molecule has 0 amide bonds. The van der Waals surface area contributed by atoms with Crippen molar-refractivity contribution in [2.45, 2.75) is 24.9 Å². The highest BCUT2D eigenvalue weighted by atomic mass is 28.3. The van der Waals surface area contributed by atoms with Crippen LogP contribution >= 0.6 is 0 Å². The van der Waals surface area contributed by atoms with Crippen molar-refractivity contribution in [1.82, 2.24) is 0 Å². The summed E-state index contributed by atoms with van der Waals surface area (Å²) in [5, 5.41) is 8.51. The maximum Gasteiger partial charge on any atom is 0.119 e. The molecule has 7 aromatic rings. The molecular weight excluding hydrogens is 533 g/mol. The molecule has 0 N–H and O–H groups in total. The molecule has 7 aromatic carbocycles. The molecule has 1 spiro atoms. The maximum absolute atomic E-state index is 2.54. The normalized spacial score (nSPS) is 14.8. The summed E-state index contributed by atoms with van der Waals surface area (Å²) in [4.78, 5) is 0. The van der Waals surface area contributed by atoms with E-state index in [2.05, 4.69) is 146 Å². The highest BCUT2D eigenvalue weighted by Crippen LogP contribution is 2.43. The Kier molecular flexibility index (Phi) is 5.58. The van der Waals surface area contributed by atoms with E-state index in [1.54, 1.807) is 10.4 Å². The predicted molar refractivity (Wildman–Crippen MR) is 187 cm³/mol. The van der Waals surface area contributed by atoms with Crippen LogP contribution in [0.1, 0.15) is 12.8 Å². The van der Waals surface area contributed by atoms with Gasteiger partial charge in [-0.25, -0.2) is 0 Å². The molecule has 2 heterocycles. The van der Waals surface area contributed by atoms with E-state index in [1.165, 1.54) is 91.0 Å². The summed E-state index contributed by atoms with van der Waals surface area (Å²) in [6.45, 7) is 0. The quantitative estimate of drug-likeness (QED) is 0.187. The van der Waals surface area contributed by atoms with Crippen LogP contribution in [0.5, 0.6) is 0 Å². The lowest BCUT2D eigenvalue weighted by molar-refractivity contribution is 0.935. The third-order valence-corrected chi connectivity index (χ3v) is 15.5. The third kappa shape index (κ3) is 3.88. The number of hydrogen-bond acceptors (Lipinski definition) is 0. The maximum atomic E-state index is 2.54. The summed E-state index contributed by atoms with van der Waals surface area (Å²) in [5.74, 6) is 0. The Morgan fingerprint density at radius 3 is 1.49 bits per heavy atom. The lowest BCUT2D eigenvalue weighted by Crippen LogP contribution is -2.52. The van der Waals surface area contributed by atoms with E-state index in [0.717, 1.165) is 0 Å². The second-order valence-electron chi connectivity index (χ2n) is 12.5. The topological polar surface area (TPSA) is 0 Å². The minimum atomic E-state index is -1.72. The first-order chi connectivity index (χ1) is 21.3. The van der Waals surface area contributed by atoms with Gasteiger partial charge in [0.1, 0.15) is 8.07 Å². The van der Waals surface area contributed by atoms with E-state index >= 15 is 0 Å². The van der Waals surface area contributed by atoms with Crippen molar-refractivity contribution in [2.75, 3.05) is 0 Å². The van der Waals surface area contributed by atoms with Gasteiger partial charge in [0, 0.05) is 0 Å². The molecular formula is C42H32Si. The van der Waals surface area contributed by atoms with E-state index in [0.29, 0.717) is 0 Å². The Morgan fingerprint density at radius 2 is 0.814 bits per heavy atom. The minimum absolute atomic E-state index is 1.27. The van der Waals surface area contributed by atoms with Crippen molar-refractivity contribution in [3.63, 3.8) is 0 Å². The van der Waals surface area contributed by atoms with Crippen molar-refractivity contribution in [3.05, 3.63) is 146 Å². The predicted octanol–water partition coefficient (Wildman–Crippen LogP) is 10.3. The summed E-state index contributed by atoms with van der Waals surface area (Å²) < 4.78 is 0. The van der Waals surface area contributed by atoms with E-state index < -0.39 is 8.07 Å². The van der Waals surface area contributed by atoms with Crippen LogP contribution in [-0.2, 0) is 0 Å². The van der Waals surface area contributed by atoms with Crippen LogP contribution in [0.4, 0.5) is 0 Å². The van der Waals surface area contributed by atoms with Gasteiger partial charge in [0.25, 0.3) is 0 Å². The standard InChI is InChI=1S/C42H32Si/c1-2-11-30(12-3-1)37-25-32-14-6-7-15-33(32)26-38(37)36-19-21-42-40(28-36)39-27-35(18-20-41(39)43(42)22-8-9-23-43)34-17-16-29-10-4-5-13-31(29)24-34/h1-7,10-21,24-28H,8-9,22-23H2. The van der Waals surface area contributed by atoms with Crippen LogP contribution < -0.4 is 10.4 Å². The molecule has 1 heteroatoms. The first-order valence-electron chi connectivity index (χ1n) is 15.6. The fraction of sp³-hybridized carbons (Fsp3) is 0.0952. The molecule has 204 valence electrons. The Hall–Kier alpha value is -4.72. The second-order valence-corrected chi connectivity index (χ2v) is 16.7. The van der Waals surface area contributed by atoms with Crippen LogP contribution in [0.3, 0.4) is 0 Å². The zero-order chi connectivity index (χ0) is 28.4. The van der Waals surface area contributed by atoms with Crippen LogP contribution in [0, 0.1) is 0 Å². The number of rotatable bonds is 3. The van der Waals surface area contributed by atoms with Gasteiger partial charge in [-0.15, -0.1) is 0 Å². The lowest BCUT2D eigenvalue weighted by Gasteiger charge is -2.24. The fourth-order valence-corrected chi connectivity index (χ4v) is 13.7. The highest BCUT2D eigenvalue weighted by Gasteiger charge is 2.47. The zero-order valence-corrected chi connectivity index (χ0v) is 25.2.